The molecular formula is C21H27N3O. The second-order valence-electron chi connectivity index (χ2n) is 7.21. The number of amides is 1. The van der Waals surface area contributed by atoms with Crippen molar-refractivity contribution in [2.75, 3.05) is 24.1 Å². The molecular weight excluding hydrogens is 310 g/mol. The van der Waals surface area contributed by atoms with E-state index in [4.69, 9.17) is 5.73 Å². The zero-order valence-corrected chi connectivity index (χ0v) is 15.1. The highest BCUT2D eigenvalue weighted by molar-refractivity contribution is 6.05. The zero-order valence-electron chi connectivity index (χ0n) is 15.1. The molecule has 1 unspecified atom stereocenters. The Bertz CT molecular complexity index is 739. The fourth-order valence-corrected chi connectivity index (χ4v) is 3.46. The Hall–Kier alpha value is -2.33. The predicted octanol–water partition coefficient (Wildman–Crippen LogP) is 4.06. The van der Waals surface area contributed by atoms with Crippen LogP contribution in [0.5, 0.6) is 0 Å². The van der Waals surface area contributed by atoms with Crippen molar-refractivity contribution < 1.29 is 4.79 Å². The molecule has 3 rings (SSSR count). The number of carbonyl (C=O) groups is 1. The average Bonchev–Trinajstić information content (AvgIpc) is 2.59. The van der Waals surface area contributed by atoms with Gasteiger partial charge in [0.25, 0.3) is 5.91 Å². The van der Waals surface area contributed by atoms with Gasteiger partial charge in [-0.3, -0.25) is 9.69 Å². The smallest absolute Gasteiger partial charge is 0.256 e. The molecule has 2 aromatic carbocycles. The Balaban J connectivity index is 1.62. The molecule has 1 fully saturated rings. The highest BCUT2D eigenvalue weighted by Crippen LogP contribution is 2.20. The van der Waals surface area contributed by atoms with Gasteiger partial charge in [0.1, 0.15) is 0 Å². The van der Waals surface area contributed by atoms with E-state index in [1.165, 1.54) is 31.5 Å². The number of benzene rings is 2. The number of carbonyl (C=O) groups excluding carboxylic acids is 1. The molecule has 4 nitrogen and oxygen atoms in total. The van der Waals surface area contributed by atoms with E-state index in [0.717, 1.165) is 23.7 Å². The molecule has 3 N–H and O–H groups in total. The summed E-state index contributed by atoms with van der Waals surface area (Å²) >= 11 is 0. The maximum atomic E-state index is 12.5. The molecule has 0 saturated carbocycles. The van der Waals surface area contributed by atoms with Crippen LogP contribution in [0.4, 0.5) is 11.4 Å². The minimum atomic E-state index is -0.123. The van der Waals surface area contributed by atoms with Crippen LogP contribution in [0.3, 0.4) is 0 Å². The number of nitrogens with two attached hydrogens (primary N) is 1. The van der Waals surface area contributed by atoms with Crippen molar-refractivity contribution in [3.63, 3.8) is 0 Å². The quantitative estimate of drug-likeness (QED) is 0.827. The van der Waals surface area contributed by atoms with Gasteiger partial charge in [-0.2, -0.15) is 0 Å². The van der Waals surface area contributed by atoms with Gasteiger partial charge in [0.2, 0.25) is 0 Å². The minimum Gasteiger partial charge on any atom is -0.399 e. The molecule has 1 amide bonds. The number of rotatable bonds is 4. The van der Waals surface area contributed by atoms with Crippen LogP contribution in [0.25, 0.3) is 0 Å². The lowest BCUT2D eigenvalue weighted by Gasteiger charge is -2.30. The number of aryl methyl sites for hydroxylation is 1. The summed E-state index contributed by atoms with van der Waals surface area (Å²) in [5.41, 5.74) is 10.0. The molecule has 0 aromatic heterocycles. The lowest BCUT2D eigenvalue weighted by atomic mass is 10.00. The van der Waals surface area contributed by atoms with Gasteiger partial charge >= 0.3 is 0 Å². The first-order valence-corrected chi connectivity index (χ1v) is 9.00. The fourth-order valence-electron chi connectivity index (χ4n) is 3.46. The predicted molar refractivity (Wildman–Crippen MR) is 104 cm³/mol. The fraction of sp³-hybridized carbons (Fsp3) is 0.381. The van der Waals surface area contributed by atoms with Crippen molar-refractivity contribution in [3.8, 4) is 0 Å². The van der Waals surface area contributed by atoms with Crippen LogP contribution in [-0.2, 0) is 6.54 Å². The second kappa shape index (κ2) is 7.70. The first-order valence-electron chi connectivity index (χ1n) is 9.00. The Morgan fingerprint density at radius 2 is 2.00 bits per heavy atom. The molecule has 0 spiro atoms. The minimum absolute atomic E-state index is 0.123. The van der Waals surface area contributed by atoms with Gasteiger partial charge in [0.15, 0.2) is 0 Å². The number of likely N-dealkylation sites (tertiary alicyclic amines) is 1. The first kappa shape index (κ1) is 17.5. The third-order valence-corrected chi connectivity index (χ3v) is 4.87. The molecule has 4 heteroatoms. The van der Waals surface area contributed by atoms with Crippen LogP contribution >= 0.6 is 0 Å². The Morgan fingerprint density at radius 3 is 2.72 bits per heavy atom. The molecule has 2 aromatic rings. The van der Waals surface area contributed by atoms with E-state index in [9.17, 15) is 4.79 Å². The molecule has 1 aliphatic heterocycles. The van der Waals surface area contributed by atoms with Gasteiger partial charge in [-0.1, -0.05) is 25.1 Å². The van der Waals surface area contributed by atoms with Crippen LogP contribution < -0.4 is 11.1 Å². The van der Waals surface area contributed by atoms with Crippen molar-refractivity contribution in [1.82, 2.24) is 4.90 Å². The van der Waals surface area contributed by atoms with Crippen LogP contribution in [0.2, 0.25) is 0 Å². The van der Waals surface area contributed by atoms with Crippen LogP contribution in [0, 0.1) is 12.8 Å². The second-order valence-corrected chi connectivity index (χ2v) is 7.21. The van der Waals surface area contributed by atoms with Crippen LogP contribution in [-0.4, -0.2) is 23.9 Å². The standard InChI is InChI=1S/C21H27N3O/c1-15-4-3-11-24(13-15)14-17-6-9-19(10-7-17)23-21(25)20-12-18(22)8-5-16(20)2/h5-10,12,15H,3-4,11,13-14,22H2,1-2H3,(H,23,25). The monoisotopic (exact) mass is 337 g/mol. The molecule has 0 aliphatic carbocycles. The molecule has 132 valence electrons. The summed E-state index contributed by atoms with van der Waals surface area (Å²) < 4.78 is 0. The van der Waals surface area contributed by atoms with Gasteiger partial charge in [0.05, 0.1) is 0 Å². The number of nitrogens with zero attached hydrogens (tertiary/aromatic N) is 1. The summed E-state index contributed by atoms with van der Waals surface area (Å²) in [6, 6.07) is 13.5. The van der Waals surface area contributed by atoms with E-state index >= 15 is 0 Å². The van der Waals surface area contributed by atoms with E-state index in [1.54, 1.807) is 6.07 Å². The summed E-state index contributed by atoms with van der Waals surface area (Å²) in [6.07, 6.45) is 2.62. The average molecular weight is 337 g/mol. The van der Waals surface area contributed by atoms with E-state index in [-0.39, 0.29) is 5.91 Å². The van der Waals surface area contributed by atoms with E-state index in [1.807, 2.05) is 31.2 Å². The molecule has 25 heavy (non-hydrogen) atoms. The topological polar surface area (TPSA) is 58.4 Å². The molecule has 1 atom stereocenters. The van der Waals surface area contributed by atoms with Crippen molar-refractivity contribution >= 4 is 17.3 Å². The zero-order chi connectivity index (χ0) is 17.8. The normalized spacial score (nSPS) is 18.1. The van der Waals surface area contributed by atoms with Crippen LogP contribution in [0.15, 0.2) is 42.5 Å². The molecule has 1 aliphatic rings. The number of hydrogen-bond donors (Lipinski definition) is 2. The first-order chi connectivity index (χ1) is 12.0. The summed E-state index contributed by atoms with van der Waals surface area (Å²) in [7, 11) is 0. The maximum Gasteiger partial charge on any atom is 0.256 e. The molecule has 0 bridgehead atoms. The van der Waals surface area contributed by atoms with Crippen LogP contribution in [0.1, 0.15) is 41.3 Å². The maximum absolute atomic E-state index is 12.5. The summed E-state index contributed by atoms with van der Waals surface area (Å²) in [5.74, 6) is 0.663. The summed E-state index contributed by atoms with van der Waals surface area (Å²) in [5, 5.41) is 2.96. The van der Waals surface area contributed by atoms with Gasteiger partial charge in [-0.25, -0.2) is 0 Å². The summed E-state index contributed by atoms with van der Waals surface area (Å²) in [4.78, 5) is 15.0. The van der Waals surface area contributed by atoms with Gasteiger partial charge < -0.3 is 11.1 Å². The third-order valence-electron chi connectivity index (χ3n) is 4.87. The molecule has 0 radical (unpaired) electrons. The van der Waals surface area contributed by atoms with E-state index in [2.05, 4.69) is 29.3 Å². The van der Waals surface area contributed by atoms with E-state index < -0.39 is 0 Å². The Morgan fingerprint density at radius 1 is 1.24 bits per heavy atom. The number of nitrogens with one attached hydrogen (secondary N) is 1. The Kier molecular flexibility index (Phi) is 5.39. The molecule has 1 heterocycles. The van der Waals surface area contributed by atoms with Crippen molar-refractivity contribution in [3.05, 3.63) is 59.2 Å². The van der Waals surface area contributed by atoms with Crippen molar-refractivity contribution in [2.45, 2.75) is 33.2 Å². The third kappa shape index (κ3) is 4.60. The molecule has 1 saturated heterocycles. The van der Waals surface area contributed by atoms with Crippen molar-refractivity contribution in [1.29, 1.82) is 0 Å². The Labute approximate surface area is 150 Å². The highest BCUT2D eigenvalue weighted by atomic mass is 16.1. The van der Waals surface area contributed by atoms with E-state index in [0.29, 0.717) is 11.3 Å². The highest BCUT2D eigenvalue weighted by Gasteiger charge is 2.16. The van der Waals surface area contributed by atoms with Crippen molar-refractivity contribution in [2.24, 2.45) is 5.92 Å². The number of piperidine rings is 1. The van der Waals surface area contributed by atoms with Gasteiger partial charge in [0, 0.05) is 30.0 Å². The van der Waals surface area contributed by atoms with Gasteiger partial charge in [-0.15, -0.1) is 0 Å². The SMILES string of the molecule is Cc1ccc(N)cc1C(=O)Nc1ccc(CN2CCCC(C)C2)cc1. The number of anilines is 2. The largest absolute Gasteiger partial charge is 0.399 e. The number of hydrogen-bond acceptors (Lipinski definition) is 3. The lowest BCUT2D eigenvalue weighted by Crippen LogP contribution is -2.33. The lowest BCUT2D eigenvalue weighted by molar-refractivity contribution is 0.102. The van der Waals surface area contributed by atoms with Gasteiger partial charge in [-0.05, 0) is 67.6 Å². The number of nitrogen functional groups attached to an aromatic ring is 1. The summed E-state index contributed by atoms with van der Waals surface area (Å²) in [6.45, 7) is 7.57.